The maximum absolute atomic E-state index is 12.0. The van der Waals surface area contributed by atoms with Gasteiger partial charge in [0.15, 0.2) is 11.5 Å². The summed E-state index contributed by atoms with van der Waals surface area (Å²) in [6, 6.07) is 5.63. The van der Waals surface area contributed by atoms with Crippen molar-refractivity contribution in [1.82, 2.24) is 10.6 Å². The summed E-state index contributed by atoms with van der Waals surface area (Å²) < 4.78 is 11.2. The Morgan fingerprint density at radius 1 is 1.15 bits per heavy atom. The van der Waals surface area contributed by atoms with Gasteiger partial charge < -0.3 is 20.1 Å². The molecule has 6 heteroatoms. The Bertz CT molecular complexity index is 625. The molecule has 0 saturated heterocycles. The van der Waals surface area contributed by atoms with Crippen LogP contribution < -0.4 is 20.1 Å². The highest BCUT2D eigenvalue weighted by molar-refractivity contribution is 5.85. The molecule has 0 bridgehead atoms. The molecule has 0 radical (unpaired) electrons. The van der Waals surface area contributed by atoms with E-state index in [1.807, 2.05) is 18.2 Å². The molecule has 1 saturated carbocycles. The van der Waals surface area contributed by atoms with E-state index in [4.69, 9.17) is 9.47 Å². The van der Waals surface area contributed by atoms with Crippen molar-refractivity contribution in [3.8, 4) is 11.5 Å². The smallest absolute Gasteiger partial charge is 0.239 e. The van der Waals surface area contributed by atoms with E-state index in [1.165, 1.54) is 0 Å². The minimum absolute atomic E-state index is 0.00721. The summed E-state index contributed by atoms with van der Waals surface area (Å²) >= 11 is 0. The predicted octanol–water partition coefficient (Wildman–Crippen LogP) is 3.04. The van der Waals surface area contributed by atoms with Crippen LogP contribution in [0.5, 0.6) is 11.5 Å². The zero-order chi connectivity index (χ0) is 19.6. The van der Waals surface area contributed by atoms with Gasteiger partial charge in [-0.25, -0.2) is 0 Å². The van der Waals surface area contributed by atoms with Crippen molar-refractivity contribution in [2.45, 2.75) is 52.5 Å². The van der Waals surface area contributed by atoms with Crippen LogP contribution in [0.25, 0.3) is 0 Å². The first-order valence-electron chi connectivity index (χ1n) is 9.83. The molecule has 1 aromatic carbocycles. The highest BCUT2D eigenvalue weighted by atomic mass is 16.5. The highest BCUT2D eigenvalue weighted by Gasteiger charge is 2.22. The van der Waals surface area contributed by atoms with Crippen molar-refractivity contribution >= 4 is 11.8 Å². The molecule has 0 heterocycles. The standard InChI is InChI=1S/C21H32N2O4/c1-15(2)10-11-27-18-9-8-16(12-19(18)26-3)13-22-20(24)14-23-21(25)17-6-4-5-7-17/h8-9,12,15,17H,4-7,10-11,13-14H2,1-3H3,(H,22,24)(H,23,25). The lowest BCUT2D eigenvalue weighted by molar-refractivity contribution is -0.128. The van der Waals surface area contributed by atoms with Gasteiger partial charge in [0, 0.05) is 12.5 Å². The van der Waals surface area contributed by atoms with Crippen LogP contribution in [0, 0.1) is 11.8 Å². The Morgan fingerprint density at radius 3 is 2.56 bits per heavy atom. The van der Waals surface area contributed by atoms with Gasteiger partial charge in [-0.05, 0) is 42.9 Å². The number of rotatable bonds is 10. The van der Waals surface area contributed by atoms with Gasteiger partial charge in [0.05, 0.1) is 20.3 Å². The summed E-state index contributed by atoms with van der Waals surface area (Å²) in [4.78, 5) is 23.9. The van der Waals surface area contributed by atoms with Gasteiger partial charge in [0.25, 0.3) is 0 Å². The van der Waals surface area contributed by atoms with Gasteiger partial charge in [-0.1, -0.05) is 32.8 Å². The van der Waals surface area contributed by atoms with Gasteiger partial charge in [-0.15, -0.1) is 0 Å². The molecule has 0 atom stereocenters. The van der Waals surface area contributed by atoms with E-state index in [2.05, 4.69) is 24.5 Å². The second-order valence-electron chi connectivity index (χ2n) is 7.49. The Morgan fingerprint density at radius 2 is 1.89 bits per heavy atom. The number of methoxy groups -OCH3 is 1. The third-order valence-corrected chi connectivity index (χ3v) is 4.82. The molecule has 1 aliphatic carbocycles. The van der Waals surface area contributed by atoms with E-state index in [9.17, 15) is 9.59 Å². The number of hydrogen-bond acceptors (Lipinski definition) is 4. The van der Waals surface area contributed by atoms with Crippen molar-refractivity contribution in [1.29, 1.82) is 0 Å². The van der Waals surface area contributed by atoms with Crippen LogP contribution in [0.15, 0.2) is 18.2 Å². The summed E-state index contributed by atoms with van der Waals surface area (Å²) in [5.41, 5.74) is 0.915. The molecular formula is C21H32N2O4. The van der Waals surface area contributed by atoms with Gasteiger partial charge in [-0.3, -0.25) is 9.59 Å². The van der Waals surface area contributed by atoms with Crippen LogP contribution in [0.2, 0.25) is 0 Å². The number of carbonyl (C=O) groups excluding carboxylic acids is 2. The maximum Gasteiger partial charge on any atom is 0.239 e. The third kappa shape index (κ3) is 7.12. The van der Waals surface area contributed by atoms with E-state index in [-0.39, 0.29) is 24.3 Å². The van der Waals surface area contributed by atoms with Crippen molar-refractivity contribution in [2.24, 2.45) is 11.8 Å². The van der Waals surface area contributed by atoms with Crippen molar-refractivity contribution in [3.63, 3.8) is 0 Å². The lowest BCUT2D eigenvalue weighted by atomic mass is 10.1. The Hall–Kier alpha value is -2.24. The molecule has 27 heavy (non-hydrogen) atoms. The number of hydrogen-bond donors (Lipinski definition) is 2. The first kappa shape index (κ1) is 21.1. The fraction of sp³-hybridized carbons (Fsp3) is 0.619. The molecule has 6 nitrogen and oxygen atoms in total. The Balaban J connectivity index is 1.77. The van der Waals surface area contributed by atoms with Gasteiger partial charge >= 0.3 is 0 Å². The largest absolute Gasteiger partial charge is 0.493 e. The summed E-state index contributed by atoms with van der Waals surface area (Å²) in [5, 5.41) is 5.55. The third-order valence-electron chi connectivity index (χ3n) is 4.82. The SMILES string of the molecule is COc1cc(CNC(=O)CNC(=O)C2CCCC2)ccc1OCCC(C)C. The molecule has 2 amide bonds. The second-order valence-corrected chi connectivity index (χ2v) is 7.49. The topological polar surface area (TPSA) is 76.7 Å². The molecule has 2 rings (SSSR count). The average molecular weight is 376 g/mol. The van der Waals surface area contributed by atoms with Gasteiger partial charge in [0.1, 0.15) is 0 Å². The fourth-order valence-corrected chi connectivity index (χ4v) is 3.11. The quantitative estimate of drug-likeness (QED) is 0.658. The van der Waals surface area contributed by atoms with Crippen LogP contribution in [-0.4, -0.2) is 32.1 Å². The van der Waals surface area contributed by atoms with Crippen LogP contribution >= 0.6 is 0 Å². The highest BCUT2D eigenvalue weighted by Crippen LogP contribution is 2.28. The van der Waals surface area contributed by atoms with Crippen molar-refractivity contribution in [3.05, 3.63) is 23.8 Å². The zero-order valence-corrected chi connectivity index (χ0v) is 16.7. The number of nitrogens with one attached hydrogen (secondary N) is 2. The zero-order valence-electron chi connectivity index (χ0n) is 16.7. The van der Waals surface area contributed by atoms with E-state index in [0.29, 0.717) is 30.6 Å². The van der Waals surface area contributed by atoms with Gasteiger partial charge in [0.2, 0.25) is 11.8 Å². The molecule has 1 aliphatic rings. The van der Waals surface area contributed by atoms with Gasteiger partial charge in [-0.2, -0.15) is 0 Å². The monoisotopic (exact) mass is 376 g/mol. The van der Waals surface area contributed by atoms with Crippen molar-refractivity contribution < 1.29 is 19.1 Å². The summed E-state index contributed by atoms with van der Waals surface area (Å²) in [5.74, 6) is 1.81. The normalized spacial score (nSPS) is 14.2. The summed E-state index contributed by atoms with van der Waals surface area (Å²) in [6.45, 7) is 5.35. The fourth-order valence-electron chi connectivity index (χ4n) is 3.11. The maximum atomic E-state index is 12.0. The van der Waals surface area contributed by atoms with Crippen LogP contribution in [-0.2, 0) is 16.1 Å². The first-order valence-corrected chi connectivity index (χ1v) is 9.83. The molecule has 1 fully saturated rings. The Labute approximate surface area is 162 Å². The Kier molecular flexibility index (Phi) is 8.43. The lowest BCUT2D eigenvalue weighted by Gasteiger charge is -2.14. The predicted molar refractivity (Wildman–Crippen MR) is 105 cm³/mol. The molecule has 0 unspecified atom stereocenters. The molecule has 0 spiro atoms. The van der Waals surface area contributed by atoms with E-state index in [0.717, 1.165) is 37.7 Å². The molecule has 1 aromatic rings. The number of ether oxygens (including phenoxy) is 2. The van der Waals surface area contributed by atoms with E-state index in [1.54, 1.807) is 7.11 Å². The second kappa shape index (κ2) is 10.8. The average Bonchev–Trinajstić information content (AvgIpc) is 3.19. The first-order chi connectivity index (χ1) is 13.0. The summed E-state index contributed by atoms with van der Waals surface area (Å²) in [7, 11) is 1.60. The minimum Gasteiger partial charge on any atom is -0.493 e. The van der Waals surface area contributed by atoms with Crippen LogP contribution in [0.4, 0.5) is 0 Å². The van der Waals surface area contributed by atoms with Crippen molar-refractivity contribution in [2.75, 3.05) is 20.3 Å². The summed E-state index contributed by atoms with van der Waals surface area (Å²) in [6.07, 6.45) is 5.04. The van der Waals surface area contributed by atoms with Crippen LogP contribution in [0.3, 0.4) is 0 Å². The number of amides is 2. The van der Waals surface area contributed by atoms with E-state index >= 15 is 0 Å². The lowest BCUT2D eigenvalue weighted by Crippen LogP contribution is -2.38. The van der Waals surface area contributed by atoms with Crippen LogP contribution in [0.1, 0.15) is 51.5 Å². The molecule has 150 valence electrons. The molecule has 2 N–H and O–H groups in total. The molecular weight excluding hydrogens is 344 g/mol. The number of carbonyl (C=O) groups is 2. The minimum atomic E-state index is -0.197. The van der Waals surface area contributed by atoms with E-state index < -0.39 is 0 Å². The number of benzene rings is 1. The molecule has 0 aliphatic heterocycles. The molecule has 0 aromatic heterocycles.